The van der Waals surface area contributed by atoms with Crippen molar-refractivity contribution < 1.29 is 29.4 Å². The second kappa shape index (κ2) is 12.6. The van der Waals surface area contributed by atoms with Crippen molar-refractivity contribution in [2.24, 2.45) is 0 Å². The smallest absolute Gasteiger partial charge is 0.336 e. The summed E-state index contributed by atoms with van der Waals surface area (Å²) in [6.07, 6.45) is 0. The van der Waals surface area contributed by atoms with Gasteiger partial charge in [0.25, 0.3) is 5.91 Å². The maximum absolute atomic E-state index is 13.2. The quantitative estimate of drug-likeness (QED) is 0.121. The molecule has 4 aromatic rings. The highest BCUT2D eigenvalue weighted by atomic mass is 127. The zero-order valence-electron chi connectivity index (χ0n) is 20.1. The average molecular weight is 652 g/mol. The Labute approximate surface area is 241 Å². The summed E-state index contributed by atoms with van der Waals surface area (Å²) in [5, 5.41) is 23.6. The van der Waals surface area contributed by atoms with Crippen LogP contribution in [0.25, 0.3) is 0 Å². The Morgan fingerprint density at radius 3 is 1.92 bits per heavy atom. The molecule has 1 atom stereocenters. The topological polar surface area (TPSA) is 133 Å². The molecule has 0 aromatic heterocycles. The van der Waals surface area contributed by atoms with Crippen LogP contribution in [-0.2, 0) is 4.79 Å². The van der Waals surface area contributed by atoms with Crippen molar-refractivity contribution in [2.45, 2.75) is 10.1 Å². The van der Waals surface area contributed by atoms with Gasteiger partial charge in [-0.3, -0.25) is 9.59 Å². The molecular formula is C29H21IN2O6S. The highest BCUT2D eigenvalue weighted by Gasteiger charge is 2.23. The summed E-state index contributed by atoms with van der Waals surface area (Å²) in [5.41, 5.74) is 1.12. The molecule has 10 heteroatoms. The lowest BCUT2D eigenvalue weighted by Crippen LogP contribution is -2.19. The number of thioether (sulfide) groups is 1. The van der Waals surface area contributed by atoms with Gasteiger partial charge in [0, 0.05) is 19.8 Å². The molecule has 0 spiro atoms. The third-order valence-electron chi connectivity index (χ3n) is 5.56. The van der Waals surface area contributed by atoms with Crippen molar-refractivity contribution in [3.63, 3.8) is 0 Å². The van der Waals surface area contributed by atoms with Gasteiger partial charge in [0.2, 0.25) is 5.91 Å². The molecule has 0 bridgehead atoms. The van der Waals surface area contributed by atoms with E-state index < -0.39 is 28.7 Å². The Morgan fingerprint density at radius 1 is 0.692 bits per heavy atom. The van der Waals surface area contributed by atoms with E-state index in [9.17, 15) is 24.3 Å². The maximum atomic E-state index is 13.2. The molecule has 4 N–H and O–H groups in total. The zero-order valence-corrected chi connectivity index (χ0v) is 23.1. The molecule has 0 saturated carbocycles. The second-order valence-corrected chi connectivity index (χ2v) is 10.7. The molecule has 0 saturated heterocycles. The van der Waals surface area contributed by atoms with Crippen LogP contribution in [0.5, 0.6) is 0 Å². The molecule has 2 amide bonds. The van der Waals surface area contributed by atoms with Crippen LogP contribution in [0.2, 0.25) is 0 Å². The Hall–Kier alpha value is -4.16. The summed E-state index contributed by atoms with van der Waals surface area (Å²) in [5.74, 6) is -3.58. The van der Waals surface area contributed by atoms with Crippen molar-refractivity contribution >= 4 is 69.5 Å². The first-order valence-electron chi connectivity index (χ1n) is 11.5. The number of nitrogens with one attached hydrogen (secondary N) is 2. The number of rotatable bonds is 9. The average Bonchev–Trinajstić information content (AvgIpc) is 2.93. The molecule has 39 heavy (non-hydrogen) atoms. The van der Waals surface area contributed by atoms with Gasteiger partial charge in [-0.15, -0.1) is 11.8 Å². The van der Waals surface area contributed by atoms with Crippen molar-refractivity contribution in [3.05, 3.63) is 123 Å². The zero-order chi connectivity index (χ0) is 27.9. The van der Waals surface area contributed by atoms with E-state index in [2.05, 4.69) is 33.2 Å². The van der Waals surface area contributed by atoms with Gasteiger partial charge in [-0.2, -0.15) is 0 Å². The van der Waals surface area contributed by atoms with Crippen LogP contribution < -0.4 is 10.6 Å². The molecule has 0 aliphatic heterocycles. The first-order valence-corrected chi connectivity index (χ1v) is 13.5. The number of carboxylic acids is 2. The van der Waals surface area contributed by atoms with E-state index in [1.807, 2.05) is 54.6 Å². The fourth-order valence-corrected chi connectivity index (χ4v) is 5.03. The van der Waals surface area contributed by atoms with Gasteiger partial charge in [0.05, 0.1) is 16.7 Å². The minimum Gasteiger partial charge on any atom is -0.478 e. The first kappa shape index (κ1) is 27.9. The molecular weight excluding hydrogens is 631 g/mol. The fourth-order valence-electron chi connectivity index (χ4n) is 3.65. The normalized spacial score (nSPS) is 11.3. The van der Waals surface area contributed by atoms with Crippen molar-refractivity contribution in [2.75, 3.05) is 10.6 Å². The second-order valence-electron chi connectivity index (χ2n) is 8.25. The van der Waals surface area contributed by atoms with Crippen LogP contribution in [0.1, 0.15) is 41.9 Å². The third kappa shape index (κ3) is 7.24. The van der Waals surface area contributed by atoms with Gasteiger partial charge < -0.3 is 20.8 Å². The predicted octanol–water partition coefficient (Wildman–Crippen LogP) is 6.41. The van der Waals surface area contributed by atoms with E-state index in [1.54, 1.807) is 24.3 Å². The number of carboxylic acid groups (broad SMARTS) is 2. The standard InChI is InChI=1S/C29H21IN2O6S/c30-19-7-9-20(10-8-19)32-27(34)25(17-4-2-1-3-5-17)39-22-13-11-21(12-14-22)31-26(33)23-15-6-18(28(35)36)16-24(23)29(37)38/h1-16,25H,(H,31,33)(H,32,34)(H,35,36)(H,37,38). The lowest BCUT2D eigenvalue weighted by Gasteiger charge is -2.17. The van der Waals surface area contributed by atoms with Gasteiger partial charge in [-0.05, 0) is 94.9 Å². The molecule has 196 valence electrons. The number of benzene rings is 4. The molecule has 4 aromatic carbocycles. The van der Waals surface area contributed by atoms with Crippen LogP contribution in [0.4, 0.5) is 11.4 Å². The van der Waals surface area contributed by atoms with Crippen LogP contribution in [0.3, 0.4) is 0 Å². The molecule has 1 unspecified atom stereocenters. The Morgan fingerprint density at radius 2 is 1.31 bits per heavy atom. The third-order valence-corrected chi connectivity index (χ3v) is 7.55. The summed E-state index contributed by atoms with van der Waals surface area (Å²) < 4.78 is 1.06. The molecule has 0 fully saturated rings. The van der Waals surface area contributed by atoms with Gasteiger partial charge in [-0.25, -0.2) is 9.59 Å². The Balaban J connectivity index is 1.50. The highest BCUT2D eigenvalue weighted by Crippen LogP contribution is 2.37. The van der Waals surface area contributed by atoms with E-state index in [0.29, 0.717) is 11.4 Å². The maximum Gasteiger partial charge on any atom is 0.336 e. The van der Waals surface area contributed by atoms with Crippen molar-refractivity contribution in [1.82, 2.24) is 0 Å². The summed E-state index contributed by atoms with van der Waals surface area (Å²) >= 11 is 3.55. The molecule has 8 nitrogen and oxygen atoms in total. The summed E-state index contributed by atoms with van der Waals surface area (Å²) in [6, 6.07) is 27.0. The number of hydrogen-bond donors (Lipinski definition) is 4. The first-order chi connectivity index (χ1) is 18.7. The van der Waals surface area contributed by atoms with Crippen LogP contribution in [0.15, 0.2) is 102 Å². The number of carbonyl (C=O) groups excluding carboxylic acids is 2. The predicted molar refractivity (Wildman–Crippen MR) is 158 cm³/mol. The van der Waals surface area contributed by atoms with Crippen LogP contribution in [-0.4, -0.2) is 34.0 Å². The minimum absolute atomic E-state index is 0.164. The summed E-state index contributed by atoms with van der Waals surface area (Å²) in [6.45, 7) is 0. The highest BCUT2D eigenvalue weighted by molar-refractivity contribution is 14.1. The largest absolute Gasteiger partial charge is 0.478 e. The Kier molecular flexibility index (Phi) is 8.99. The molecule has 0 heterocycles. The monoisotopic (exact) mass is 652 g/mol. The SMILES string of the molecule is O=C(O)c1ccc(C(=O)Nc2ccc(SC(C(=O)Nc3ccc(I)cc3)c3ccccc3)cc2)c(C(=O)O)c1. The minimum atomic E-state index is -1.41. The van der Waals surface area contributed by atoms with Gasteiger partial charge in [0.15, 0.2) is 0 Å². The lowest BCUT2D eigenvalue weighted by atomic mass is 10.0. The number of aromatic carboxylic acids is 2. The molecule has 4 rings (SSSR count). The number of carbonyl (C=O) groups is 4. The summed E-state index contributed by atoms with van der Waals surface area (Å²) in [7, 11) is 0. The fraction of sp³-hybridized carbons (Fsp3) is 0.0345. The number of anilines is 2. The number of halogens is 1. The van der Waals surface area contributed by atoms with Crippen molar-refractivity contribution in [3.8, 4) is 0 Å². The van der Waals surface area contributed by atoms with Gasteiger partial charge in [-0.1, -0.05) is 30.3 Å². The molecule has 0 radical (unpaired) electrons. The lowest BCUT2D eigenvalue weighted by molar-refractivity contribution is -0.115. The molecule has 0 aliphatic carbocycles. The van der Waals surface area contributed by atoms with Gasteiger partial charge in [0.1, 0.15) is 5.25 Å². The van der Waals surface area contributed by atoms with E-state index >= 15 is 0 Å². The Bertz CT molecular complexity index is 1530. The summed E-state index contributed by atoms with van der Waals surface area (Å²) in [4.78, 5) is 49.6. The van der Waals surface area contributed by atoms with E-state index in [4.69, 9.17) is 5.11 Å². The van der Waals surface area contributed by atoms with E-state index in [0.717, 1.165) is 20.1 Å². The number of hydrogen-bond acceptors (Lipinski definition) is 5. The van der Waals surface area contributed by atoms with Crippen LogP contribution >= 0.6 is 34.4 Å². The van der Waals surface area contributed by atoms with E-state index in [-0.39, 0.29) is 17.0 Å². The number of amides is 2. The van der Waals surface area contributed by atoms with E-state index in [1.165, 1.54) is 23.9 Å². The molecule has 0 aliphatic rings. The van der Waals surface area contributed by atoms with Crippen molar-refractivity contribution in [1.29, 1.82) is 0 Å². The van der Waals surface area contributed by atoms with Crippen LogP contribution in [0, 0.1) is 3.57 Å². The van der Waals surface area contributed by atoms with Gasteiger partial charge >= 0.3 is 11.9 Å².